The Kier molecular flexibility index (Phi) is 8.17. The first-order valence-electron chi connectivity index (χ1n) is 13.1. The summed E-state index contributed by atoms with van der Waals surface area (Å²) in [6, 6.07) is 17.6. The molecule has 42 heavy (non-hydrogen) atoms. The van der Waals surface area contributed by atoms with Crippen LogP contribution in [0.15, 0.2) is 81.7 Å². The quantitative estimate of drug-likeness (QED) is 0.333. The second-order valence-electron chi connectivity index (χ2n) is 9.55. The molecule has 0 aliphatic carbocycles. The maximum absolute atomic E-state index is 14.1. The maximum atomic E-state index is 14.1. The van der Waals surface area contributed by atoms with Crippen LogP contribution in [0.2, 0.25) is 0 Å². The van der Waals surface area contributed by atoms with Crippen LogP contribution in [0.5, 0.6) is 23.0 Å². The number of carbonyl (C=O) groups is 1. The van der Waals surface area contributed by atoms with E-state index in [0.29, 0.717) is 60.4 Å². The number of fused-ring (bicyclic) bond motifs is 1. The van der Waals surface area contributed by atoms with Crippen LogP contribution in [0.1, 0.15) is 29.7 Å². The number of aryl methyl sites for hydroxylation is 1. The second-order valence-corrected chi connectivity index (χ2v) is 10.6. The van der Waals surface area contributed by atoms with Gasteiger partial charge in [-0.15, -0.1) is 0 Å². The summed E-state index contributed by atoms with van der Waals surface area (Å²) >= 11 is 1.24. The summed E-state index contributed by atoms with van der Waals surface area (Å²) in [5.41, 5.74) is 3.50. The van der Waals surface area contributed by atoms with Crippen LogP contribution in [0, 0.1) is 6.92 Å². The van der Waals surface area contributed by atoms with Crippen molar-refractivity contribution in [3.63, 3.8) is 0 Å². The van der Waals surface area contributed by atoms with Crippen LogP contribution >= 0.6 is 11.3 Å². The number of carbonyl (C=O) groups excluding carboxylic acids is 1. The highest BCUT2D eigenvalue weighted by atomic mass is 32.1. The van der Waals surface area contributed by atoms with Crippen molar-refractivity contribution in [2.75, 3.05) is 33.8 Å². The van der Waals surface area contributed by atoms with E-state index in [-0.39, 0.29) is 11.5 Å². The molecule has 0 unspecified atom stereocenters. The Balaban J connectivity index is 1.72. The molecule has 2 heterocycles. The number of aromatic nitrogens is 1. The number of para-hydroxylation sites is 2. The number of hydrogen-bond acceptors (Lipinski definition) is 8. The molecule has 0 fully saturated rings. The summed E-state index contributed by atoms with van der Waals surface area (Å²) in [6.07, 6.45) is 1.75. The maximum Gasteiger partial charge on any atom is 0.271 e. The number of hydrogen-bond donors (Lipinski definition) is 1. The molecule has 1 aliphatic rings. The average molecular weight is 586 g/mol. The second kappa shape index (κ2) is 12.0. The van der Waals surface area contributed by atoms with Crippen molar-refractivity contribution in [2.45, 2.75) is 19.9 Å². The normalized spacial score (nSPS) is 14.6. The fourth-order valence-electron chi connectivity index (χ4n) is 5.02. The van der Waals surface area contributed by atoms with Crippen molar-refractivity contribution in [1.82, 2.24) is 4.57 Å². The average Bonchev–Trinajstić information content (AvgIpc) is 3.30. The predicted octanol–water partition coefficient (Wildman–Crippen LogP) is 4.22. The van der Waals surface area contributed by atoms with Gasteiger partial charge in [0.05, 0.1) is 50.3 Å². The van der Waals surface area contributed by atoms with E-state index < -0.39 is 6.04 Å². The van der Waals surface area contributed by atoms with Gasteiger partial charge in [-0.1, -0.05) is 47.7 Å². The lowest BCUT2D eigenvalue weighted by molar-refractivity contribution is -0.113. The van der Waals surface area contributed by atoms with Gasteiger partial charge in [-0.2, -0.15) is 0 Å². The number of allylic oxidation sites excluding steroid dienone is 1. The number of ether oxygens (including phenoxy) is 4. The summed E-state index contributed by atoms with van der Waals surface area (Å²) in [4.78, 5) is 33.3. The van der Waals surface area contributed by atoms with Gasteiger partial charge in [0.2, 0.25) is 0 Å². The number of nitrogens with zero attached hydrogens (tertiary/aromatic N) is 2. The summed E-state index contributed by atoms with van der Waals surface area (Å²) in [6.45, 7) is 3.70. The van der Waals surface area contributed by atoms with Crippen LogP contribution in [0.4, 0.5) is 5.69 Å². The minimum absolute atomic E-state index is 0.294. The zero-order chi connectivity index (χ0) is 30.0. The number of thiazole rings is 1. The fraction of sp³-hybridized carbons (Fsp3) is 0.219. The van der Waals surface area contributed by atoms with E-state index in [9.17, 15) is 9.59 Å². The van der Waals surface area contributed by atoms with Crippen LogP contribution in [-0.4, -0.2) is 38.9 Å². The van der Waals surface area contributed by atoms with Crippen molar-refractivity contribution < 1.29 is 23.7 Å². The van der Waals surface area contributed by atoms with E-state index >= 15 is 0 Å². The van der Waals surface area contributed by atoms with E-state index in [1.165, 1.54) is 11.3 Å². The lowest BCUT2D eigenvalue weighted by Gasteiger charge is -2.26. The van der Waals surface area contributed by atoms with Crippen molar-refractivity contribution >= 4 is 29.0 Å². The van der Waals surface area contributed by atoms with Crippen molar-refractivity contribution in [3.8, 4) is 23.0 Å². The van der Waals surface area contributed by atoms with E-state index in [0.717, 1.165) is 5.56 Å². The van der Waals surface area contributed by atoms with E-state index in [1.54, 1.807) is 64.2 Å². The van der Waals surface area contributed by atoms with Gasteiger partial charge >= 0.3 is 0 Å². The van der Waals surface area contributed by atoms with Gasteiger partial charge < -0.3 is 24.3 Å². The van der Waals surface area contributed by atoms with E-state index in [4.69, 9.17) is 23.9 Å². The Hall–Kier alpha value is -4.83. The molecule has 1 aromatic heterocycles. The Morgan fingerprint density at radius 3 is 2.33 bits per heavy atom. The Bertz CT molecular complexity index is 1890. The third kappa shape index (κ3) is 5.16. The molecule has 1 aliphatic heterocycles. The highest BCUT2D eigenvalue weighted by Gasteiger charge is 2.33. The fourth-order valence-corrected chi connectivity index (χ4v) is 6.06. The molecule has 0 saturated carbocycles. The molecule has 1 atom stereocenters. The molecule has 10 heteroatoms. The summed E-state index contributed by atoms with van der Waals surface area (Å²) in [5.74, 6) is 1.72. The Labute approximate surface area is 247 Å². The number of anilines is 1. The Morgan fingerprint density at radius 2 is 1.64 bits per heavy atom. The van der Waals surface area contributed by atoms with Crippen molar-refractivity contribution in [1.29, 1.82) is 0 Å². The van der Waals surface area contributed by atoms with Crippen LogP contribution in [0.3, 0.4) is 0 Å². The molecule has 0 bridgehead atoms. The standard InChI is InChI=1S/C32H31N3O6S/c1-18-10-7-8-12-22(18)34-30(36)27-19(2)33-32-35(28(27)20-14-15-23(38-3)25(16-20)40-5)31(37)26(42-32)17-21-11-9-13-24(39-4)29(21)41-6/h7-17,28H,1-6H3,(H,34,36)/b26-17-/t28-/m0/s1. The van der Waals surface area contributed by atoms with Crippen LogP contribution in [-0.2, 0) is 4.79 Å². The first kappa shape index (κ1) is 28.7. The molecule has 9 nitrogen and oxygen atoms in total. The largest absolute Gasteiger partial charge is 0.493 e. The van der Waals surface area contributed by atoms with Crippen LogP contribution in [0.25, 0.3) is 6.08 Å². The number of benzene rings is 3. The molecule has 4 aromatic rings. The van der Waals surface area contributed by atoms with Gasteiger partial charge in [0.25, 0.3) is 11.5 Å². The first-order chi connectivity index (χ1) is 20.3. The molecule has 0 radical (unpaired) electrons. The lowest BCUT2D eigenvalue weighted by atomic mass is 9.94. The predicted molar refractivity (Wildman–Crippen MR) is 163 cm³/mol. The summed E-state index contributed by atoms with van der Waals surface area (Å²) in [7, 11) is 6.21. The Morgan fingerprint density at radius 1 is 0.905 bits per heavy atom. The van der Waals surface area contributed by atoms with Gasteiger partial charge in [0, 0.05) is 11.3 Å². The number of methoxy groups -OCH3 is 4. The molecular formula is C32H31N3O6S. The third-order valence-corrected chi connectivity index (χ3v) is 8.09. The number of rotatable bonds is 8. The highest BCUT2D eigenvalue weighted by Crippen LogP contribution is 2.36. The summed E-state index contributed by atoms with van der Waals surface area (Å²) in [5, 5.41) is 3.02. The van der Waals surface area contributed by atoms with Gasteiger partial charge in [-0.3, -0.25) is 14.2 Å². The minimum Gasteiger partial charge on any atom is -0.493 e. The molecule has 3 aromatic carbocycles. The van der Waals surface area contributed by atoms with Gasteiger partial charge in [-0.05, 0) is 55.3 Å². The van der Waals surface area contributed by atoms with Gasteiger partial charge in [0.15, 0.2) is 27.8 Å². The molecule has 5 rings (SSSR count). The topological polar surface area (TPSA) is 100 Å². The molecule has 1 amide bonds. The molecule has 1 N–H and O–H groups in total. The number of nitrogens with one attached hydrogen (secondary N) is 1. The summed E-state index contributed by atoms with van der Waals surface area (Å²) < 4.78 is 24.0. The zero-order valence-electron chi connectivity index (χ0n) is 24.2. The lowest BCUT2D eigenvalue weighted by Crippen LogP contribution is -2.40. The first-order valence-corrected chi connectivity index (χ1v) is 13.9. The highest BCUT2D eigenvalue weighted by molar-refractivity contribution is 7.07. The smallest absolute Gasteiger partial charge is 0.271 e. The monoisotopic (exact) mass is 585 g/mol. The zero-order valence-corrected chi connectivity index (χ0v) is 25.0. The van der Waals surface area contributed by atoms with E-state index in [2.05, 4.69) is 5.32 Å². The van der Waals surface area contributed by atoms with Crippen LogP contribution < -0.4 is 39.2 Å². The molecular weight excluding hydrogens is 554 g/mol. The van der Waals surface area contributed by atoms with Crippen molar-refractivity contribution in [3.05, 3.63) is 108 Å². The van der Waals surface area contributed by atoms with E-state index in [1.807, 2.05) is 49.4 Å². The molecule has 0 spiro atoms. The molecule has 216 valence electrons. The van der Waals surface area contributed by atoms with Gasteiger partial charge in [-0.25, -0.2) is 4.99 Å². The SMILES string of the molecule is COc1ccc([C@H]2C(C(=O)Nc3ccccc3C)=C(C)N=c3s/c(=C\c4cccc(OC)c4OC)c(=O)n32)cc1OC. The van der Waals surface area contributed by atoms with Gasteiger partial charge in [0.1, 0.15) is 0 Å². The third-order valence-electron chi connectivity index (χ3n) is 7.10. The van der Waals surface area contributed by atoms with Crippen molar-refractivity contribution in [2.24, 2.45) is 4.99 Å². The number of amides is 1. The minimum atomic E-state index is -0.778. The molecule has 0 saturated heterocycles.